The summed E-state index contributed by atoms with van der Waals surface area (Å²) in [6.07, 6.45) is 4.26. The Hall–Kier alpha value is -2.08. The van der Waals surface area contributed by atoms with Crippen LogP contribution < -0.4 is 10.6 Å². The summed E-state index contributed by atoms with van der Waals surface area (Å²) < 4.78 is 0. The quantitative estimate of drug-likeness (QED) is 0.712. The van der Waals surface area contributed by atoms with Gasteiger partial charge in [-0.2, -0.15) is 0 Å². The first-order valence-corrected chi connectivity index (χ1v) is 11.5. The number of anilines is 1. The molecule has 7 heteroatoms. The van der Waals surface area contributed by atoms with Crippen molar-refractivity contribution in [2.75, 3.05) is 18.0 Å². The third-order valence-corrected chi connectivity index (χ3v) is 6.39. The minimum absolute atomic E-state index is 0.0147. The van der Waals surface area contributed by atoms with Gasteiger partial charge in [-0.05, 0) is 48.6 Å². The minimum Gasteiger partial charge on any atom is -0.337 e. The number of amides is 2. The van der Waals surface area contributed by atoms with E-state index in [1.807, 2.05) is 40.1 Å². The van der Waals surface area contributed by atoms with E-state index in [-0.39, 0.29) is 11.8 Å². The number of rotatable bonds is 3. The van der Waals surface area contributed by atoms with Gasteiger partial charge in [0.25, 0.3) is 0 Å². The van der Waals surface area contributed by atoms with Gasteiger partial charge in [0.05, 0.1) is 16.1 Å². The van der Waals surface area contributed by atoms with Gasteiger partial charge in [-0.15, -0.1) is 0 Å². The number of nitrogens with two attached hydrogens (primary N) is 1. The van der Waals surface area contributed by atoms with Crippen molar-refractivity contribution in [2.24, 2.45) is 5.73 Å². The molecule has 5 nitrogen and oxygen atoms in total. The normalized spacial score (nSPS) is 16.3. The number of carbonyl (C=O) groups excluding carboxylic acids is 2. The summed E-state index contributed by atoms with van der Waals surface area (Å²) in [5.41, 5.74) is 9.02. The molecule has 0 aromatic heterocycles. The van der Waals surface area contributed by atoms with E-state index >= 15 is 0 Å². The first-order valence-electron chi connectivity index (χ1n) is 10.7. The summed E-state index contributed by atoms with van der Waals surface area (Å²) in [5.74, 6) is -0.0876. The predicted octanol–water partition coefficient (Wildman–Crippen LogP) is 4.82. The van der Waals surface area contributed by atoms with Gasteiger partial charge in [-0.25, -0.2) is 0 Å². The molecular formula is C24H29Cl2N3O2. The predicted molar refractivity (Wildman–Crippen MR) is 126 cm³/mol. The molecule has 0 unspecified atom stereocenters. The standard InChI is InChI=1S/C24H29Cl2N3O2/c1-17(30)29-13-7-3-2-6-12-28(16-19-8-4-5-9-23(19)29)24(31)22(27)15-18-10-11-20(25)21(26)14-18/h4-5,8-11,14,22H,2-3,6-7,12-13,15-16,27H2,1H3/t22-/m1/s1. The molecule has 0 bridgehead atoms. The van der Waals surface area contributed by atoms with Gasteiger partial charge < -0.3 is 15.5 Å². The Morgan fingerprint density at radius 2 is 1.71 bits per heavy atom. The Morgan fingerprint density at radius 1 is 1.00 bits per heavy atom. The largest absolute Gasteiger partial charge is 0.337 e. The SMILES string of the molecule is CC(=O)N1CCCCCCN(C(=O)[C@H](N)Cc2ccc(Cl)c(Cl)c2)Cc2ccccc21. The van der Waals surface area contributed by atoms with Crippen LogP contribution in [0, 0.1) is 0 Å². The Labute approximate surface area is 194 Å². The van der Waals surface area contributed by atoms with E-state index in [4.69, 9.17) is 28.9 Å². The number of benzene rings is 2. The highest BCUT2D eigenvalue weighted by Crippen LogP contribution is 2.26. The second-order valence-electron chi connectivity index (χ2n) is 8.03. The smallest absolute Gasteiger partial charge is 0.240 e. The number of halogens is 2. The third kappa shape index (κ3) is 6.22. The molecule has 0 aliphatic carbocycles. The molecule has 1 heterocycles. The summed E-state index contributed by atoms with van der Waals surface area (Å²) in [6, 6.07) is 12.4. The van der Waals surface area contributed by atoms with E-state index in [2.05, 4.69) is 0 Å². The molecule has 1 aliphatic rings. The average Bonchev–Trinajstić information content (AvgIpc) is 2.78. The van der Waals surface area contributed by atoms with E-state index in [1.54, 1.807) is 19.1 Å². The fourth-order valence-corrected chi connectivity index (χ4v) is 4.32. The number of carbonyl (C=O) groups is 2. The zero-order valence-electron chi connectivity index (χ0n) is 17.8. The molecule has 1 atom stereocenters. The van der Waals surface area contributed by atoms with Crippen molar-refractivity contribution in [3.63, 3.8) is 0 Å². The van der Waals surface area contributed by atoms with Gasteiger partial charge in [0, 0.05) is 32.2 Å². The minimum atomic E-state index is -0.682. The van der Waals surface area contributed by atoms with Crippen molar-refractivity contribution < 1.29 is 9.59 Å². The topological polar surface area (TPSA) is 66.6 Å². The van der Waals surface area contributed by atoms with Crippen LogP contribution in [0.25, 0.3) is 0 Å². The van der Waals surface area contributed by atoms with E-state index in [0.29, 0.717) is 36.1 Å². The van der Waals surface area contributed by atoms with Crippen molar-refractivity contribution in [1.82, 2.24) is 4.90 Å². The lowest BCUT2D eigenvalue weighted by atomic mass is 10.0. The van der Waals surface area contributed by atoms with Gasteiger partial charge in [-0.1, -0.05) is 60.3 Å². The number of hydrogen-bond acceptors (Lipinski definition) is 3. The molecule has 0 saturated carbocycles. The first kappa shape index (κ1) is 23.6. The van der Waals surface area contributed by atoms with Crippen LogP contribution in [0.1, 0.15) is 43.7 Å². The summed E-state index contributed by atoms with van der Waals surface area (Å²) in [4.78, 5) is 29.2. The molecule has 2 aromatic carbocycles. The van der Waals surface area contributed by atoms with Crippen LogP contribution in [-0.4, -0.2) is 35.8 Å². The maximum absolute atomic E-state index is 13.3. The molecule has 1 aliphatic heterocycles. The Morgan fingerprint density at radius 3 is 2.42 bits per heavy atom. The van der Waals surface area contributed by atoms with Crippen LogP contribution in [0.15, 0.2) is 42.5 Å². The lowest BCUT2D eigenvalue weighted by molar-refractivity contribution is -0.133. The molecule has 2 amide bonds. The fraction of sp³-hybridized carbons (Fsp3) is 0.417. The Balaban J connectivity index is 1.82. The number of hydrogen-bond donors (Lipinski definition) is 1. The monoisotopic (exact) mass is 461 g/mol. The van der Waals surface area contributed by atoms with Crippen LogP contribution in [0.2, 0.25) is 10.0 Å². The van der Waals surface area contributed by atoms with Crippen molar-refractivity contribution in [2.45, 2.75) is 51.6 Å². The number of nitrogens with zero attached hydrogens (tertiary/aromatic N) is 2. The molecule has 3 rings (SSSR count). The highest BCUT2D eigenvalue weighted by molar-refractivity contribution is 6.42. The Kier molecular flexibility index (Phi) is 8.35. The molecular weight excluding hydrogens is 433 g/mol. The summed E-state index contributed by atoms with van der Waals surface area (Å²) in [6.45, 7) is 3.35. The van der Waals surface area contributed by atoms with E-state index in [0.717, 1.165) is 42.5 Å². The zero-order valence-corrected chi connectivity index (χ0v) is 19.3. The molecule has 2 aromatic rings. The van der Waals surface area contributed by atoms with E-state index in [1.165, 1.54) is 0 Å². The Bertz CT molecular complexity index is 935. The maximum Gasteiger partial charge on any atom is 0.240 e. The van der Waals surface area contributed by atoms with Crippen LogP contribution in [0.5, 0.6) is 0 Å². The molecule has 31 heavy (non-hydrogen) atoms. The van der Waals surface area contributed by atoms with Gasteiger partial charge in [0.15, 0.2) is 0 Å². The highest BCUT2D eigenvalue weighted by atomic mass is 35.5. The highest BCUT2D eigenvalue weighted by Gasteiger charge is 2.24. The third-order valence-electron chi connectivity index (χ3n) is 5.65. The molecule has 166 valence electrons. The maximum atomic E-state index is 13.3. The fourth-order valence-electron chi connectivity index (χ4n) is 4.00. The molecule has 0 fully saturated rings. The molecule has 0 radical (unpaired) electrons. The molecule has 0 spiro atoms. The lowest BCUT2D eigenvalue weighted by Gasteiger charge is -2.28. The summed E-state index contributed by atoms with van der Waals surface area (Å²) in [7, 11) is 0. The van der Waals surface area contributed by atoms with Gasteiger partial charge in [0.1, 0.15) is 0 Å². The van der Waals surface area contributed by atoms with Crippen LogP contribution >= 0.6 is 23.2 Å². The van der Waals surface area contributed by atoms with Crippen LogP contribution in [0.3, 0.4) is 0 Å². The summed E-state index contributed by atoms with van der Waals surface area (Å²) in [5, 5.41) is 0.927. The van der Waals surface area contributed by atoms with Crippen molar-refractivity contribution in [3.8, 4) is 0 Å². The van der Waals surface area contributed by atoms with Crippen LogP contribution in [0.4, 0.5) is 5.69 Å². The number of para-hydroxylation sites is 1. The van der Waals surface area contributed by atoms with E-state index < -0.39 is 6.04 Å². The number of fused-ring (bicyclic) bond motifs is 1. The van der Waals surface area contributed by atoms with Gasteiger partial charge in [0.2, 0.25) is 11.8 Å². The molecule has 2 N–H and O–H groups in total. The average molecular weight is 462 g/mol. The van der Waals surface area contributed by atoms with Crippen molar-refractivity contribution >= 4 is 40.7 Å². The second kappa shape index (κ2) is 11.0. The van der Waals surface area contributed by atoms with Crippen LogP contribution in [-0.2, 0) is 22.6 Å². The van der Waals surface area contributed by atoms with Gasteiger partial charge in [-0.3, -0.25) is 9.59 Å². The first-order chi connectivity index (χ1) is 14.9. The second-order valence-corrected chi connectivity index (χ2v) is 8.85. The molecule has 0 saturated heterocycles. The zero-order chi connectivity index (χ0) is 22.4. The van der Waals surface area contributed by atoms with Gasteiger partial charge >= 0.3 is 0 Å². The van der Waals surface area contributed by atoms with Crippen molar-refractivity contribution in [3.05, 3.63) is 63.6 Å². The summed E-state index contributed by atoms with van der Waals surface area (Å²) >= 11 is 12.1. The van der Waals surface area contributed by atoms with Crippen molar-refractivity contribution in [1.29, 1.82) is 0 Å². The lowest BCUT2D eigenvalue weighted by Crippen LogP contribution is -2.45. The van der Waals surface area contributed by atoms with E-state index in [9.17, 15) is 9.59 Å².